The Bertz CT molecular complexity index is 620. The largest absolute Gasteiger partial charge is 0.361 e. The average molecular weight is 253 g/mol. The molecular formula is C16H19N3. The van der Waals surface area contributed by atoms with Crippen LogP contribution in [0, 0.1) is 6.57 Å². The maximum Gasteiger partial charge on any atom is 0.187 e. The number of H-pyrrole nitrogens is 1. The Balaban J connectivity index is 1.91. The van der Waals surface area contributed by atoms with E-state index in [2.05, 4.69) is 28.3 Å². The topological polar surface area (TPSA) is 32.2 Å². The zero-order valence-corrected chi connectivity index (χ0v) is 11.2. The minimum Gasteiger partial charge on any atom is -0.361 e. The fourth-order valence-corrected chi connectivity index (χ4v) is 3.28. The zero-order valence-electron chi connectivity index (χ0n) is 11.2. The second kappa shape index (κ2) is 5.07. The molecule has 1 aliphatic rings. The Kier molecular flexibility index (Phi) is 3.27. The molecule has 0 amide bonds. The van der Waals surface area contributed by atoms with E-state index in [1.165, 1.54) is 30.2 Å². The maximum atomic E-state index is 7.14. The molecule has 1 aromatic heterocycles. The number of hydrogen-bond acceptors (Lipinski definition) is 1. The van der Waals surface area contributed by atoms with Crippen LogP contribution in [-0.2, 0) is 0 Å². The first kappa shape index (κ1) is 12.3. The van der Waals surface area contributed by atoms with Crippen molar-refractivity contribution in [2.45, 2.75) is 38.1 Å². The van der Waals surface area contributed by atoms with Gasteiger partial charge in [-0.05, 0) is 54.8 Å². The van der Waals surface area contributed by atoms with Crippen LogP contribution in [-0.4, -0.2) is 17.6 Å². The molecule has 1 heterocycles. The number of nitrogens with one attached hydrogen (secondary N) is 2. The molecule has 2 aromatic rings. The van der Waals surface area contributed by atoms with Gasteiger partial charge in [0.1, 0.15) is 0 Å². The molecule has 2 atom stereocenters. The molecule has 0 radical (unpaired) electrons. The van der Waals surface area contributed by atoms with Crippen molar-refractivity contribution in [2.24, 2.45) is 0 Å². The molecule has 0 saturated heterocycles. The minimum absolute atomic E-state index is 0.624. The van der Waals surface area contributed by atoms with Gasteiger partial charge in [-0.1, -0.05) is 13.0 Å². The van der Waals surface area contributed by atoms with Crippen molar-refractivity contribution in [1.82, 2.24) is 10.3 Å². The summed E-state index contributed by atoms with van der Waals surface area (Å²) in [5.41, 5.74) is 3.27. The van der Waals surface area contributed by atoms with Gasteiger partial charge in [0, 0.05) is 17.8 Å². The SMILES string of the molecule is [C-]#[N+]c1ccc2[nH]cc(C3CCC(NCC)C3)c2c1. The fourth-order valence-electron chi connectivity index (χ4n) is 3.28. The summed E-state index contributed by atoms with van der Waals surface area (Å²) in [5, 5.41) is 4.78. The van der Waals surface area contributed by atoms with E-state index in [-0.39, 0.29) is 0 Å². The van der Waals surface area contributed by atoms with Gasteiger partial charge >= 0.3 is 0 Å². The summed E-state index contributed by atoms with van der Waals surface area (Å²) in [6.07, 6.45) is 5.85. The third-order valence-electron chi connectivity index (χ3n) is 4.19. The standard InChI is InChI=1S/C16H19N3/c1-3-18-13-5-4-11(8-13)15-10-19-16-7-6-12(17-2)9-14(15)16/h6-7,9-11,13,18-19H,3-5,8H2,1H3. The van der Waals surface area contributed by atoms with Crippen LogP contribution in [0.25, 0.3) is 15.7 Å². The highest BCUT2D eigenvalue weighted by atomic mass is 14.9. The van der Waals surface area contributed by atoms with Gasteiger partial charge in [-0.15, -0.1) is 0 Å². The first-order chi connectivity index (χ1) is 9.31. The molecule has 0 spiro atoms. The quantitative estimate of drug-likeness (QED) is 0.797. The first-order valence-corrected chi connectivity index (χ1v) is 7.03. The van der Waals surface area contributed by atoms with Crippen LogP contribution in [0.4, 0.5) is 5.69 Å². The Labute approximate surface area is 113 Å². The van der Waals surface area contributed by atoms with E-state index in [1.807, 2.05) is 18.2 Å². The Morgan fingerprint density at radius 3 is 3.11 bits per heavy atom. The highest BCUT2D eigenvalue weighted by Crippen LogP contribution is 2.38. The molecule has 3 heteroatoms. The predicted octanol–water partition coefficient (Wildman–Crippen LogP) is 3.96. The van der Waals surface area contributed by atoms with Gasteiger partial charge in [-0.25, -0.2) is 4.85 Å². The van der Waals surface area contributed by atoms with E-state index < -0.39 is 0 Å². The van der Waals surface area contributed by atoms with Crippen molar-refractivity contribution in [3.8, 4) is 0 Å². The Morgan fingerprint density at radius 2 is 2.32 bits per heavy atom. The van der Waals surface area contributed by atoms with E-state index in [9.17, 15) is 0 Å². The summed E-state index contributed by atoms with van der Waals surface area (Å²) in [5.74, 6) is 0.624. The molecule has 1 saturated carbocycles. The van der Waals surface area contributed by atoms with Crippen molar-refractivity contribution in [1.29, 1.82) is 0 Å². The lowest BCUT2D eigenvalue weighted by molar-refractivity contribution is 0.535. The van der Waals surface area contributed by atoms with E-state index in [1.54, 1.807) is 0 Å². The van der Waals surface area contributed by atoms with Crippen molar-refractivity contribution < 1.29 is 0 Å². The molecule has 0 bridgehead atoms. The van der Waals surface area contributed by atoms with Gasteiger partial charge < -0.3 is 10.3 Å². The van der Waals surface area contributed by atoms with Gasteiger partial charge in [-0.3, -0.25) is 0 Å². The number of aromatic nitrogens is 1. The molecular weight excluding hydrogens is 234 g/mol. The van der Waals surface area contributed by atoms with Crippen LogP contribution in [0.2, 0.25) is 0 Å². The average Bonchev–Trinajstić information content (AvgIpc) is 3.04. The minimum atomic E-state index is 0.624. The molecule has 19 heavy (non-hydrogen) atoms. The molecule has 2 N–H and O–H groups in total. The lowest BCUT2D eigenvalue weighted by Crippen LogP contribution is -2.25. The van der Waals surface area contributed by atoms with E-state index in [4.69, 9.17) is 6.57 Å². The molecule has 98 valence electrons. The number of hydrogen-bond donors (Lipinski definition) is 2. The van der Waals surface area contributed by atoms with Crippen LogP contribution < -0.4 is 5.32 Å². The summed E-state index contributed by atoms with van der Waals surface area (Å²) < 4.78 is 0. The fraction of sp³-hybridized carbons (Fsp3) is 0.438. The Hall–Kier alpha value is -1.79. The Morgan fingerprint density at radius 1 is 1.42 bits per heavy atom. The van der Waals surface area contributed by atoms with Gasteiger partial charge in [0.25, 0.3) is 0 Å². The molecule has 3 rings (SSSR count). The number of rotatable bonds is 3. The lowest BCUT2D eigenvalue weighted by atomic mass is 9.96. The van der Waals surface area contributed by atoms with Crippen LogP contribution >= 0.6 is 0 Å². The number of nitrogens with zero attached hydrogens (tertiary/aromatic N) is 1. The third kappa shape index (κ3) is 2.24. The second-order valence-electron chi connectivity index (χ2n) is 5.35. The van der Waals surface area contributed by atoms with Gasteiger partial charge in [0.15, 0.2) is 5.69 Å². The zero-order chi connectivity index (χ0) is 13.2. The summed E-state index contributed by atoms with van der Waals surface area (Å²) in [6, 6.07) is 6.58. The van der Waals surface area contributed by atoms with Crippen molar-refractivity contribution in [2.75, 3.05) is 6.54 Å². The monoisotopic (exact) mass is 253 g/mol. The van der Waals surface area contributed by atoms with Gasteiger partial charge in [-0.2, -0.15) is 0 Å². The van der Waals surface area contributed by atoms with Crippen molar-refractivity contribution >= 4 is 16.6 Å². The second-order valence-corrected chi connectivity index (χ2v) is 5.35. The van der Waals surface area contributed by atoms with Crippen LogP contribution in [0.15, 0.2) is 24.4 Å². The smallest absolute Gasteiger partial charge is 0.187 e. The molecule has 3 nitrogen and oxygen atoms in total. The highest BCUT2D eigenvalue weighted by Gasteiger charge is 2.26. The summed E-state index contributed by atoms with van der Waals surface area (Å²) >= 11 is 0. The van der Waals surface area contributed by atoms with Crippen LogP contribution in [0.5, 0.6) is 0 Å². The molecule has 0 aliphatic heterocycles. The molecule has 1 fully saturated rings. The summed E-state index contributed by atoms with van der Waals surface area (Å²) in [6.45, 7) is 10.4. The predicted molar refractivity (Wildman–Crippen MR) is 78.6 cm³/mol. The van der Waals surface area contributed by atoms with Crippen LogP contribution in [0.3, 0.4) is 0 Å². The summed E-state index contributed by atoms with van der Waals surface area (Å²) in [4.78, 5) is 6.88. The van der Waals surface area contributed by atoms with Gasteiger partial charge in [0.2, 0.25) is 0 Å². The molecule has 1 aromatic carbocycles. The maximum absolute atomic E-state index is 7.14. The van der Waals surface area contributed by atoms with E-state index >= 15 is 0 Å². The van der Waals surface area contributed by atoms with E-state index in [0.717, 1.165) is 17.7 Å². The normalized spacial score (nSPS) is 22.7. The number of benzene rings is 1. The first-order valence-electron chi connectivity index (χ1n) is 7.03. The third-order valence-corrected chi connectivity index (χ3v) is 4.19. The highest BCUT2D eigenvalue weighted by molar-refractivity contribution is 5.87. The number of aromatic amines is 1. The van der Waals surface area contributed by atoms with Crippen molar-refractivity contribution in [3.63, 3.8) is 0 Å². The van der Waals surface area contributed by atoms with Crippen molar-refractivity contribution in [3.05, 3.63) is 41.4 Å². The summed E-state index contributed by atoms with van der Waals surface area (Å²) in [7, 11) is 0. The van der Waals surface area contributed by atoms with Gasteiger partial charge in [0.05, 0.1) is 6.57 Å². The lowest BCUT2D eigenvalue weighted by Gasteiger charge is -2.11. The molecule has 2 unspecified atom stereocenters. The van der Waals surface area contributed by atoms with Crippen LogP contribution in [0.1, 0.15) is 37.7 Å². The van der Waals surface area contributed by atoms with E-state index in [0.29, 0.717) is 12.0 Å². The number of fused-ring (bicyclic) bond motifs is 1. The molecule has 1 aliphatic carbocycles.